The molecule has 0 heterocycles. The number of benzene rings is 2. The number of hydrogen-bond donors (Lipinski definition) is 3. The number of esters is 1. The molecule has 0 bridgehead atoms. The van der Waals surface area contributed by atoms with E-state index < -0.39 is 35.8 Å². The van der Waals surface area contributed by atoms with Gasteiger partial charge in [0.25, 0.3) is 11.8 Å². The van der Waals surface area contributed by atoms with Gasteiger partial charge in [-0.15, -0.1) is 0 Å². The van der Waals surface area contributed by atoms with E-state index in [0.29, 0.717) is 0 Å². The molecule has 3 N–H and O–H groups in total. The minimum atomic E-state index is -1.33. The van der Waals surface area contributed by atoms with E-state index in [9.17, 15) is 24.3 Å². The number of carboxylic acids is 1. The molecule has 2 aromatic carbocycles. The molecule has 0 unspecified atom stereocenters. The van der Waals surface area contributed by atoms with Crippen LogP contribution in [0.3, 0.4) is 0 Å². The number of carbonyl (C=O) groups excluding carboxylic acids is 3. The lowest BCUT2D eigenvalue weighted by atomic mass is 10.1. The highest BCUT2D eigenvalue weighted by Crippen LogP contribution is 2.28. The molecule has 10 nitrogen and oxygen atoms in total. The first-order chi connectivity index (χ1) is 17.1. The van der Waals surface area contributed by atoms with E-state index in [2.05, 4.69) is 10.6 Å². The molecule has 2 amide bonds. The van der Waals surface area contributed by atoms with Crippen LogP contribution in [0.4, 0.5) is 0 Å². The van der Waals surface area contributed by atoms with Gasteiger partial charge in [-0.2, -0.15) is 11.8 Å². The summed E-state index contributed by atoms with van der Waals surface area (Å²) in [5.74, 6) is -3.26. The molecule has 13 heteroatoms. The van der Waals surface area contributed by atoms with Gasteiger partial charge in [-0.1, -0.05) is 35.3 Å². The van der Waals surface area contributed by atoms with E-state index in [1.54, 1.807) is 12.1 Å². The van der Waals surface area contributed by atoms with Gasteiger partial charge in [0.1, 0.15) is 29.1 Å². The van der Waals surface area contributed by atoms with Crippen LogP contribution >= 0.6 is 35.0 Å². The van der Waals surface area contributed by atoms with Crippen LogP contribution in [0.1, 0.15) is 20.7 Å². The molecule has 2 aromatic rings. The summed E-state index contributed by atoms with van der Waals surface area (Å²) in [5.41, 5.74) is 0.0243. The molecule has 0 aliphatic rings. The third-order valence-corrected chi connectivity index (χ3v) is 6.58. The minimum absolute atomic E-state index is 0.0128. The predicted molar refractivity (Wildman–Crippen MR) is 135 cm³/mol. The van der Waals surface area contributed by atoms with Crippen molar-refractivity contribution in [2.45, 2.75) is 12.1 Å². The third kappa shape index (κ3) is 7.42. The van der Waals surface area contributed by atoms with Crippen LogP contribution < -0.4 is 20.1 Å². The number of thioether (sulfide) groups is 1. The van der Waals surface area contributed by atoms with Crippen LogP contribution in [0.5, 0.6) is 11.5 Å². The van der Waals surface area contributed by atoms with Gasteiger partial charge < -0.3 is 30.0 Å². The van der Waals surface area contributed by atoms with Gasteiger partial charge in [0.15, 0.2) is 0 Å². The maximum atomic E-state index is 12.8. The van der Waals surface area contributed by atoms with E-state index >= 15 is 0 Å². The molecule has 194 valence electrons. The van der Waals surface area contributed by atoms with Gasteiger partial charge in [-0.25, -0.2) is 9.59 Å². The third-order valence-electron chi connectivity index (χ3n) is 4.81. The Morgan fingerprint density at radius 2 is 1.31 bits per heavy atom. The second kappa shape index (κ2) is 13.8. The Morgan fingerprint density at radius 3 is 1.81 bits per heavy atom. The zero-order chi connectivity index (χ0) is 26.8. The number of rotatable bonds is 12. The first-order valence-electron chi connectivity index (χ1n) is 10.3. The number of methoxy groups -OCH3 is 3. The summed E-state index contributed by atoms with van der Waals surface area (Å²) in [4.78, 5) is 49.5. The number of halogens is 2. The molecule has 0 radical (unpaired) electrons. The first kappa shape index (κ1) is 29.1. The fourth-order valence-electron chi connectivity index (χ4n) is 3.04. The summed E-state index contributed by atoms with van der Waals surface area (Å²) >= 11 is 13.1. The maximum absolute atomic E-state index is 12.8. The maximum Gasteiger partial charge on any atom is 0.329 e. The van der Waals surface area contributed by atoms with Crippen molar-refractivity contribution in [3.05, 3.63) is 57.6 Å². The van der Waals surface area contributed by atoms with E-state index in [1.807, 2.05) is 0 Å². The topological polar surface area (TPSA) is 140 Å². The van der Waals surface area contributed by atoms with Crippen molar-refractivity contribution in [3.63, 3.8) is 0 Å². The normalized spacial score (nSPS) is 12.1. The van der Waals surface area contributed by atoms with Crippen LogP contribution in [0.2, 0.25) is 10.0 Å². The highest BCUT2D eigenvalue weighted by atomic mass is 35.5. The summed E-state index contributed by atoms with van der Waals surface area (Å²) in [6, 6.07) is 6.74. The zero-order valence-electron chi connectivity index (χ0n) is 19.5. The molecule has 0 spiro atoms. The van der Waals surface area contributed by atoms with Crippen LogP contribution in [-0.2, 0) is 14.3 Å². The zero-order valence-corrected chi connectivity index (χ0v) is 21.8. The lowest BCUT2D eigenvalue weighted by Gasteiger charge is -2.20. The molecule has 0 aliphatic heterocycles. The van der Waals surface area contributed by atoms with E-state index in [1.165, 1.54) is 38.5 Å². The van der Waals surface area contributed by atoms with Crippen molar-refractivity contribution in [2.24, 2.45) is 0 Å². The van der Waals surface area contributed by atoms with Gasteiger partial charge in [0, 0.05) is 11.5 Å². The monoisotopic (exact) mass is 558 g/mol. The van der Waals surface area contributed by atoms with Crippen molar-refractivity contribution in [1.29, 1.82) is 0 Å². The molecule has 0 aliphatic carbocycles. The fraction of sp³-hybridized carbons (Fsp3) is 0.304. The van der Waals surface area contributed by atoms with Crippen LogP contribution in [-0.4, -0.2) is 73.8 Å². The molecule has 0 fully saturated rings. The van der Waals surface area contributed by atoms with Crippen molar-refractivity contribution in [1.82, 2.24) is 10.6 Å². The molecule has 36 heavy (non-hydrogen) atoms. The van der Waals surface area contributed by atoms with E-state index in [-0.39, 0.29) is 44.2 Å². The van der Waals surface area contributed by atoms with Gasteiger partial charge in [0.05, 0.1) is 36.9 Å². The number of carbonyl (C=O) groups is 4. The van der Waals surface area contributed by atoms with Crippen LogP contribution in [0.15, 0.2) is 36.4 Å². The molecule has 2 rings (SSSR count). The lowest BCUT2D eigenvalue weighted by Crippen LogP contribution is -2.45. The van der Waals surface area contributed by atoms with E-state index in [0.717, 1.165) is 18.9 Å². The first-order valence-corrected chi connectivity index (χ1v) is 12.2. The summed E-state index contributed by atoms with van der Waals surface area (Å²) in [6.07, 6.45) is 0. The molecule has 2 atom stereocenters. The Kier molecular flexibility index (Phi) is 11.2. The summed E-state index contributed by atoms with van der Waals surface area (Å²) in [6.45, 7) is 0. The van der Waals surface area contributed by atoms with Gasteiger partial charge >= 0.3 is 11.9 Å². The average molecular weight is 559 g/mol. The Labute approximate surface area is 221 Å². The van der Waals surface area contributed by atoms with Gasteiger partial charge in [-0.3, -0.25) is 9.59 Å². The number of carboxylic acid groups (broad SMARTS) is 1. The quantitative estimate of drug-likeness (QED) is 0.335. The van der Waals surface area contributed by atoms with Gasteiger partial charge in [0.2, 0.25) is 0 Å². The highest BCUT2D eigenvalue weighted by Gasteiger charge is 2.28. The minimum Gasteiger partial charge on any atom is -0.496 e. The molecule has 0 saturated carbocycles. The number of aliphatic carboxylic acids is 1. The van der Waals surface area contributed by atoms with Crippen LogP contribution in [0, 0.1) is 0 Å². The lowest BCUT2D eigenvalue weighted by molar-refractivity contribution is -0.142. The molecule has 0 aromatic heterocycles. The second-order valence-corrected chi connectivity index (χ2v) is 8.97. The average Bonchev–Trinajstić information content (AvgIpc) is 2.85. The molecular weight excluding hydrogens is 535 g/mol. The highest BCUT2D eigenvalue weighted by molar-refractivity contribution is 7.99. The standard InChI is InChI=1S/C23H24Cl2N2O8S/c1-33-16-8-5-9-17(34-2)19(16)21(29)26-14(22(30)31)10-36-11-15(23(32)35-3)27-20(28)18-12(24)6-4-7-13(18)25/h4-9,14-15H,10-11H2,1-3H3,(H,26,29)(H,27,28)(H,30,31)/t14-,15-/m0/s1. The van der Waals surface area contributed by atoms with Crippen LogP contribution in [0.25, 0.3) is 0 Å². The Bertz CT molecular complexity index is 1090. The largest absolute Gasteiger partial charge is 0.496 e. The van der Waals surface area contributed by atoms with E-state index in [4.69, 9.17) is 37.4 Å². The number of ether oxygens (including phenoxy) is 3. The fourth-order valence-corrected chi connectivity index (χ4v) is 4.66. The summed E-state index contributed by atoms with van der Waals surface area (Å²) in [5, 5.41) is 14.7. The SMILES string of the molecule is COC(=O)[C@H](CSC[C@H](NC(=O)c1c(OC)cccc1OC)C(=O)O)NC(=O)c1c(Cl)cccc1Cl. The summed E-state index contributed by atoms with van der Waals surface area (Å²) < 4.78 is 15.1. The number of nitrogens with one attached hydrogen (secondary N) is 2. The predicted octanol–water partition coefficient (Wildman–Crippen LogP) is 2.90. The van der Waals surface area contributed by atoms with Crippen molar-refractivity contribution in [2.75, 3.05) is 32.8 Å². The summed E-state index contributed by atoms with van der Waals surface area (Å²) in [7, 11) is 3.88. The van der Waals surface area contributed by atoms with Crippen molar-refractivity contribution >= 4 is 58.7 Å². The number of hydrogen-bond acceptors (Lipinski definition) is 8. The Morgan fingerprint density at radius 1 is 0.833 bits per heavy atom. The van der Waals surface area contributed by atoms with Gasteiger partial charge in [-0.05, 0) is 24.3 Å². The molecule has 0 saturated heterocycles. The second-order valence-electron chi connectivity index (χ2n) is 7.09. The van der Waals surface area contributed by atoms with Crippen molar-refractivity contribution < 1.29 is 38.5 Å². The Balaban J connectivity index is 2.10. The smallest absolute Gasteiger partial charge is 0.329 e. The number of amides is 2. The Hall–Kier alpha value is -3.15. The molecular formula is C23H24Cl2N2O8S. The van der Waals surface area contributed by atoms with Crippen molar-refractivity contribution in [3.8, 4) is 11.5 Å².